The minimum absolute atomic E-state index is 0.0247. The van der Waals surface area contributed by atoms with E-state index in [-0.39, 0.29) is 17.7 Å². The molecule has 0 radical (unpaired) electrons. The molecule has 0 spiro atoms. The maximum Gasteiger partial charge on any atom is 0.247 e. The van der Waals surface area contributed by atoms with Crippen molar-refractivity contribution in [3.8, 4) is 5.69 Å². The van der Waals surface area contributed by atoms with Crippen LogP contribution in [0.5, 0.6) is 0 Å². The topological polar surface area (TPSA) is 102 Å². The summed E-state index contributed by atoms with van der Waals surface area (Å²) in [6, 6.07) is 4.86. The lowest BCUT2D eigenvalue weighted by molar-refractivity contribution is -0.126. The van der Waals surface area contributed by atoms with Gasteiger partial charge in [0.1, 0.15) is 12.4 Å². The summed E-state index contributed by atoms with van der Waals surface area (Å²) in [6.45, 7) is 7.07. The van der Waals surface area contributed by atoms with Crippen LogP contribution in [0.25, 0.3) is 5.69 Å². The molecule has 2 aromatic rings. The van der Waals surface area contributed by atoms with E-state index < -0.39 is 6.04 Å². The standard InChI is InChI=1S/C15H20N6O2/c1-9(2)14(17-11(4)22)15(23)18-12-6-5-10(3)13(7-12)21-8-16-19-20-21/h5-9,14H,1-4H3,(H,17,22)(H,18,23). The number of amides is 2. The van der Waals surface area contributed by atoms with E-state index in [1.54, 1.807) is 12.1 Å². The van der Waals surface area contributed by atoms with Crippen LogP contribution in [0.2, 0.25) is 0 Å². The predicted octanol–water partition coefficient (Wildman–Crippen LogP) is 1.07. The number of benzene rings is 1. The van der Waals surface area contributed by atoms with Gasteiger partial charge in [-0.15, -0.1) is 5.10 Å². The maximum absolute atomic E-state index is 12.4. The van der Waals surface area contributed by atoms with E-state index in [0.29, 0.717) is 5.69 Å². The molecule has 2 N–H and O–H groups in total. The summed E-state index contributed by atoms with van der Waals surface area (Å²) < 4.78 is 1.53. The third kappa shape index (κ3) is 4.12. The van der Waals surface area contributed by atoms with Crippen molar-refractivity contribution in [1.29, 1.82) is 0 Å². The summed E-state index contributed by atoms with van der Waals surface area (Å²) in [6.07, 6.45) is 1.49. The molecule has 0 fully saturated rings. The molecule has 0 saturated heterocycles. The first-order chi connectivity index (χ1) is 10.9. The Balaban J connectivity index is 2.21. The van der Waals surface area contributed by atoms with Crippen molar-refractivity contribution in [2.24, 2.45) is 5.92 Å². The first kappa shape index (κ1) is 16.6. The number of carbonyl (C=O) groups is 2. The highest BCUT2D eigenvalue weighted by molar-refractivity contribution is 5.97. The second-order valence-electron chi connectivity index (χ2n) is 5.67. The fourth-order valence-electron chi connectivity index (χ4n) is 2.18. The molecular weight excluding hydrogens is 296 g/mol. The number of carbonyl (C=O) groups excluding carboxylic acids is 2. The molecule has 0 aliphatic carbocycles. The van der Waals surface area contributed by atoms with Crippen molar-refractivity contribution in [3.05, 3.63) is 30.1 Å². The van der Waals surface area contributed by atoms with Crippen molar-refractivity contribution in [1.82, 2.24) is 25.5 Å². The Morgan fingerprint density at radius 2 is 2.00 bits per heavy atom. The van der Waals surface area contributed by atoms with Crippen molar-refractivity contribution < 1.29 is 9.59 Å². The van der Waals surface area contributed by atoms with Crippen LogP contribution in [0.3, 0.4) is 0 Å². The highest BCUT2D eigenvalue weighted by Crippen LogP contribution is 2.19. The monoisotopic (exact) mass is 316 g/mol. The number of anilines is 1. The van der Waals surface area contributed by atoms with Gasteiger partial charge in [-0.25, -0.2) is 4.68 Å². The average molecular weight is 316 g/mol. The lowest BCUT2D eigenvalue weighted by Gasteiger charge is -2.21. The maximum atomic E-state index is 12.4. The summed E-state index contributed by atoms with van der Waals surface area (Å²) >= 11 is 0. The molecule has 0 saturated carbocycles. The normalized spacial score (nSPS) is 12.0. The second kappa shape index (κ2) is 6.99. The van der Waals surface area contributed by atoms with E-state index >= 15 is 0 Å². The molecule has 8 heteroatoms. The van der Waals surface area contributed by atoms with Crippen LogP contribution in [0.4, 0.5) is 5.69 Å². The van der Waals surface area contributed by atoms with E-state index in [4.69, 9.17) is 0 Å². The molecule has 1 unspecified atom stereocenters. The Morgan fingerprint density at radius 3 is 2.57 bits per heavy atom. The summed E-state index contributed by atoms with van der Waals surface area (Å²) in [7, 11) is 0. The first-order valence-corrected chi connectivity index (χ1v) is 7.30. The average Bonchev–Trinajstić information content (AvgIpc) is 3.00. The molecule has 8 nitrogen and oxygen atoms in total. The summed E-state index contributed by atoms with van der Waals surface area (Å²) in [4.78, 5) is 23.7. The number of aromatic nitrogens is 4. The summed E-state index contributed by atoms with van der Waals surface area (Å²) in [5, 5.41) is 16.6. The number of rotatable bonds is 5. The minimum Gasteiger partial charge on any atom is -0.344 e. The van der Waals surface area contributed by atoms with E-state index in [1.807, 2.05) is 26.8 Å². The molecule has 2 rings (SSSR count). The zero-order valence-corrected chi connectivity index (χ0v) is 13.6. The predicted molar refractivity (Wildman–Crippen MR) is 85.0 cm³/mol. The zero-order valence-electron chi connectivity index (χ0n) is 13.6. The van der Waals surface area contributed by atoms with Gasteiger partial charge < -0.3 is 10.6 Å². The Morgan fingerprint density at radius 1 is 1.26 bits per heavy atom. The summed E-state index contributed by atoms with van der Waals surface area (Å²) in [5.41, 5.74) is 2.35. The molecule has 1 heterocycles. The molecular formula is C15H20N6O2. The van der Waals surface area contributed by atoms with E-state index in [9.17, 15) is 9.59 Å². The molecule has 2 amide bonds. The van der Waals surface area contributed by atoms with Gasteiger partial charge in [0.05, 0.1) is 5.69 Å². The Kier molecular flexibility index (Phi) is 5.05. The molecule has 1 aromatic heterocycles. The van der Waals surface area contributed by atoms with E-state index in [0.717, 1.165) is 11.3 Å². The summed E-state index contributed by atoms with van der Waals surface area (Å²) in [5.74, 6) is -0.526. The molecule has 122 valence electrons. The number of tetrazole rings is 1. The highest BCUT2D eigenvalue weighted by Gasteiger charge is 2.23. The van der Waals surface area contributed by atoms with Crippen molar-refractivity contribution in [2.45, 2.75) is 33.7 Å². The van der Waals surface area contributed by atoms with Gasteiger partial charge in [-0.2, -0.15) is 0 Å². The van der Waals surface area contributed by atoms with Crippen LogP contribution < -0.4 is 10.6 Å². The fraction of sp³-hybridized carbons (Fsp3) is 0.400. The van der Waals surface area contributed by atoms with Gasteiger partial charge in [0, 0.05) is 12.6 Å². The van der Waals surface area contributed by atoms with Crippen molar-refractivity contribution in [2.75, 3.05) is 5.32 Å². The van der Waals surface area contributed by atoms with Gasteiger partial charge in [0.2, 0.25) is 11.8 Å². The van der Waals surface area contributed by atoms with Crippen LogP contribution in [-0.2, 0) is 9.59 Å². The van der Waals surface area contributed by atoms with Crippen LogP contribution in [0.15, 0.2) is 24.5 Å². The zero-order chi connectivity index (χ0) is 17.0. The van der Waals surface area contributed by atoms with Crippen LogP contribution in [0, 0.1) is 12.8 Å². The third-order valence-corrected chi connectivity index (χ3v) is 3.38. The SMILES string of the molecule is CC(=O)NC(C(=O)Nc1ccc(C)c(-n2cnnn2)c1)C(C)C. The molecule has 0 aliphatic rings. The van der Waals surface area contributed by atoms with Gasteiger partial charge in [-0.3, -0.25) is 9.59 Å². The molecule has 1 aromatic carbocycles. The lowest BCUT2D eigenvalue weighted by Crippen LogP contribution is -2.46. The quantitative estimate of drug-likeness (QED) is 0.859. The number of hydrogen-bond donors (Lipinski definition) is 2. The second-order valence-corrected chi connectivity index (χ2v) is 5.67. The van der Waals surface area contributed by atoms with Gasteiger partial charge in [0.15, 0.2) is 0 Å². The minimum atomic E-state index is -0.592. The van der Waals surface area contributed by atoms with Crippen LogP contribution >= 0.6 is 0 Å². The Hall–Kier alpha value is -2.77. The number of aryl methyl sites for hydroxylation is 1. The molecule has 0 bridgehead atoms. The Labute approximate surface area is 134 Å². The van der Waals surface area contributed by atoms with Gasteiger partial charge in [-0.05, 0) is 41.0 Å². The molecule has 1 atom stereocenters. The number of nitrogens with zero attached hydrogens (tertiary/aromatic N) is 4. The largest absolute Gasteiger partial charge is 0.344 e. The van der Waals surface area contributed by atoms with Crippen molar-refractivity contribution in [3.63, 3.8) is 0 Å². The highest BCUT2D eigenvalue weighted by atomic mass is 16.2. The molecule has 23 heavy (non-hydrogen) atoms. The van der Waals surface area contributed by atoms with Crippen molar-refractivity contribution >= 4 is 17.5 Å². The molecule has 0 aliphatic heterocycles. The Bertz CT molecular complexity index is 696. The van der Waals surface area contributed by atoms with Gasteiger partial charge in [-0.1, -0.05) is 19.9 Å². The fourth-order valence-corrected chi connectivity index (χ4v) is 2.18. The first-order valence-electron chi connectivity index (χ1n) is 7.30. The smallest absolute Gasteiger partial charge is 0.247 e. The lowest BCUT2D eigenvalue weighted by atomic mass is 10.0. The van der Waals surface area contributed by atoms with Crippen LogP contribution in [0.1, 0.15) is 26.3 Å². The van der Waals surface area contributed by atoms with E-state index in [1.165, 1.54) is 17.9 Å². The third-order valence-electron chi connectivity index (χ3n) is 3.38. The van der Waals surface area contributed by atoms with Crippen LogP contribution in [-0.4, -0.2) is 38.1 Å². The van der Waals surface area contributed by atoms with Gasteiger partial charge in [0.25, 0.3) is 0 Å². The van der Waals surface area contributed by atoms with E-state index in [2.05, 4.69) is 26.2 Å². The number of hydrogen-bond acceptors (Lipinski definition) is 5. The van der Waals surface area contributed by atoms with Gasteiger partial charge >= 0.3 is 0 Å². The number of nitrogens with one attached hydrogen (secondary N) is 2.